The zero-order chi connectivity index (χ0) is 15.8. The first-order valence-corrected chi connectivity index (χ1v) is 7.95. The SMILES string of the molecule is Cn1c([C@H]2CCN(Cc3ccc(F)cc3)C2)nc2cccnc21. The van der Waals surface area contributed by atoms with Crippen molar-refractivity contribution >= 4 is 11.2 Å². The second-order valence-electron chi connectivity index (χ2n) is 6.22. The fourth-order valence-corrected chi connectivity index (χ4v) is 3.44. The van der Waals surface area contributed by atoms with E-state index in [9.17, 15) is 4.39 Å². The highest BCUT2D eigenvalue weighted by Gasteiger charge is 2.27. The number of aryl methyl sites for hydroxylation is 1. The predicted octanol–water partition coefficient (Wildman–Crippen LogP) is 3.10. The maximum Gasteiger partial charge on any atom is 0.159 e. The third kappa shape index (κ3) is 2.72. The Bertz CT molecular complexity index is 825. The molecule has 118 valence electrons. The third-order valence-corrected chi connectivity index (χ3v) is 4.62. The number of likely N-dealkylation sites (tertiary alicyclic amines) is 1. The van der Waals surface area contributed by atoms with Crippen molar-refractivity contribution in [3.63, 3.8) is 0 Å². The highest BCUT2D eigenvalue weighted by atomic mass is 19.1. The average molecular weight is 310 g/mol. The van der Waals surface area contributed by atoms with Crippen molar-refractivity contribution in [2.45, 2.75) is 18.9 Å². The first-order valence-electron chi connectivity index (χ1n) is 7.95. The minimum Gasteiger partial charge on any atom is -0.316 e. The lowest BCUT2D eigenvalue weighted by molar-refractivity contribution is 0.325. The Morgan fingerprint density at radius 1 is 1.22 bits per heavy atom. The second-order valence-corrected chi connectivity index (χ2v) is 6.22. The Kier molecular flexibility index (Phi) is 3.58. The second kappa shape index (κ2) is 5.74. The van der Waals surface area contributed by atoms with Crippen molar-refractivity contribution in [1.29, 1.82) is 0 Å². The summed E-state index contributed by atoms with van der Waals surface area (Å²) < 4.78 is 15.1. The molecule has 0 radical (unpaired) electrons. The van der Waals surface area contributed by atoms with Crippen LogP contribution >= 0.6 is 0 Å². The summed E-state index contributed by atoms with van der Waals surface area (Å²) in [4.78, 5) is 11.6. The van der Waals surface area contributed by atoms with Crippen LogP contribution in [0.4, 0.5) is 4.39 Å². The summed E-state index contributed by atoms with van der Waals surface area (Å²) in [5.74, 6) is 1.36. The van der Waals surface area contributed by atoms with Gasteiger partial charge in [-0.2, -0.15) is 0 Å². The Balaban J connectivity index is 1.51. The van der Waals surface area contributed by atoms with Gasteiger partial charge >= 0.3 is 0 Å². The number of aromatic nitrogens is 3. The van der Waals surface area contributed by atoms with E-state index in [1.807, 2.05) is 37.5 Å². The fourth-order valence-electron chi connectivity index (χ4n) is 3.44. The van der Waals surface area contributed by atoms with Crippen LogP contribution in [0.25, 0.3) is 11.2 Å². The Morgan fingerprint density at radius 3 is 2.83 bits per heavy atom. The molecule has 0 bridgehead atoms. The number of nitrogens with zero attached hydrogens (tertiary/aromatic N) is 4. The maximum atomic E-state index is 13.0. The summed E-state index contributed by atoms with van der Waals surface area (Å²) in [7, 11) is 2.04. The molecule has 23 heavy (non-hydrogen) atoms. The van der Waals surface area contributed by atoms with Crippen LogP contribution < -0.4 is 0 Å². The molecule has 0 aliphatic carbocycles. The number of hydrogen-bond acceptors (Lipinski definition) is 3. The van der Waals surface area contributed by atoms with Crippen LogP contribution in [0.3, 0.4) is 0 Å². The van der Waals surface area contributed by atoms with Gasteiger partial charge in [-0.25, -0.2) is 14.4 Å². The van der Waals surface area contributed by atoms with Crippen molar-refractivity contribution in [3.05, 3.63) is 59.8 Å². The van der Waals surface area contributed by atoms with Crippen LogP contribution in [0.5, 0.6) is 0 Å². The summed E-state index contributed by atoms with van der Waals surface area (Å²) in [6.07, 6.45) is 2.90. The standard InChI is InChI=1S/C18H19FN4/c1-22-17(21-16-3-2-9-20-18(16)22)14-8-10-23(12-14)11-13-4-6-15(19)7-5-13/h2-7,9,14H,8,10-12H2,1H3/t14-/m0/s1. The van der Waals surface area contributed by atoms with Crippen LogP contribution in [0.2, 0.25) is 0 Å². The minimum absolute atomic E-state index is 0.180. The fraction of sp³-hybridized carbons (Fsp3) is 0.333. The molecule has 4 rings (SSSR count). The lowest BCUT2D eigenvalue weighted by atomic mass is 10.1. The predicted molar refractivity (Wildman–Crippen MR) is 87.5 cm³/mol. The van der Waals surface area contributed by atoms with Crippen molar-refractivity contribution in [2.75, 3.05) is 13.1 Å². The van der Waals surface area contributed by atoms with Crippen LogP contribution in [-0.2, 0) is 13.6 Å². The normalized spacial score (nSPS) is 18.8. The number of benzene rings is 1. The molecular formula is C18H19FN4. The molecule has 0 unspecified atom stereocenters. The molecule has 1 aromatic carbocycles. The van der Waals surface area contributed by atoms with Gasteiger partial charge in [-0.3, -0.25) is 4.90 Å². The summed E-state index contributed by atoms with van der Waals surface area (Å²) in [5, 5.41) is 0. The van der Waals surface area contributed by atoms with Crippen LogP contribution in [0.15, 0.2) is 42.6 Å². The molecule has 1 aliphatic rings. The van der Waals surface area contributed by atoms with Crippen molar-refractivity contribution in [3.8, 4) is 0 Å². The van der Waals surface area contributed by atoms with E-state index in [1.54, 1.807) is 0 Å². The molecule has 3 heterocycles. The molecule has 1 saturated heterocycles. The lowest BCUT2D eigenvalue weighted by Crippen LogP contribution is -2.20. The quantitative estimate of drug-likeness (QED) is 0.745. The van der Waals surface area contributed by atoms with Gasteiger partial charge in [0.15, 0.2) is 5.65 Å². The number of rotatable bonds is 3. The molecule has 3 aromatic rings. The van der Waals surface area contributed by atoms with Crippen molar-refractivity contribution in [2.24, 2.45) is 7.05 Å². The molecule has 0 saturated carbocycles. The van der Waals surface area contributed by atoms with Crippen molar-refractivity contribution < 1.29 is 4.39 Å². The van der Waals surface area contributed by atoms with Gasteiger partial charge in [0, 0.05) is 32.3 Å². The van der Waals surface area contributed by atoms with Gasteiger partial charge in [-0.1, -0.05) is 12.1 Å². The molecule has 0 N–H and O–H groups in total. The van der Waals surface area contributed by atoms with Gasteiger partial charge in [0.05, 0.1) is 0 Å². The first-order chi connectivity index (χ1) is 11.2. The van der Waals surface area contributed by atoms with E-state index in [-0.39, 0.29) is 5.82 Å². The van der Waals surface area contributed by atoms with Crippen LogP contribution in [-0.4, -0.2) is 32.5 Å². The zero-order valence-corrected chi connectivity index (χ0v) is 13.1. The lowest BCUT2D eigenvalue weighted by Gasteiger charge is -2.16. The summed E-state index contributed by atoms with van der Waals surface area (Å²) in [6, 6.07) is 10.7. The van der Waals surface area contributed by atoms with E-state index in [1.165, 1.54) is 12.1 Å². The molecule has 0 amide bonds. The molecule has 0 spiro atoms. The average Bonchev–Trinajstić information content (AvgIpc) is 3.15. The Labute approximate surface area is 134 Å². The van der Waals surface area contributed by atoms with Gasteiger partial charge in [0.1, 0.15) is 17.2 Å². The zero-order valence-electron chi connectivity index (χ0n) is 13.1. The Morgan fingerprint density at radius 2 is 2.04 bits per heavy atom. The van der Waals surface area contributed by atoms with E-state index < -0.39 is 0 Å². The van der Waals surface area contributed by atoms with Crippen LogP contribution in [0, 0.1) is 5.82 Å². The molecule has 5 heteroatoms. The van der Waals surface area contributed by atoms with Gasteiger partial charge in [0.2, 0.25) is 0 Å². The van der Waals surface area contributed by atoms with E-state index in [2.05, 4.69) is 14.5 Å². The molecule has 4 nitrogen and oxygen atoms in total. The number of pyridine rings is 1. The Hall–Kier alpha value is -2.27. The van der Waals surface area contributed by atoms with Gasteiger partial charge in [-0.15, -0.1) is 0 Å². The number of fused-ring (bicyclic) bond motifs is 1. The molecule has 1 aliphatic heterocycles. The van der Waals surface area contributed by atoms with Gasteiger partial charge in [-0.05, 0) is 42.8 Å². The number of hydrogen-bond donors (Lipinski definition) is 0. The van der Waals surface area contributed by atoms with E-state index >= 15 is 0 Å². The number of halogens is 1. The summed E-state index contributed by atoms with van der Waals surface area (Å²) in [6.45, 7) is 2.88. The highest BCUT2D eigenvalue weighted by molar-refractivity contribution is 5.71. The highest BCUT2D eigenvalue weighted by Crippen LogP contribution is 2.29. The largest absolute Gasteiger partial charge is 0.316 e. The monoisotopic (exact) mass is 310 g/mol. The van der Waals surface area contributed by atoms with Gasteiger partial charge < -0.3 is 4.57 Å². The third-order valence-electron chi connectivity index (χ3n) is 4.62. The summed E-state index contributed by atoms with van der Waals surface area (Å²) in [5.41, 5.74) is 3.06. The molecular weight excluding hydrogens is 291 g/mol. The smallest absolute Gasteiger partial charge is 0.159 e. The number of imidazole rings is 1. The molecule has 2 aromatic heterocycles. The molecule has 1 fully saturated rings. The summed E-state index contributed by atoms with van der Waals surface area (Å²) >= 11 is 0. The van der Waals surface area contributed by atoms with E-state index in [0.29, 0.717) is 5.92 Å². The maximum absolute atomic E-state index is 13.0. The first kappa shape index (κ1) is 14.3. The van der Waals surface area contributed by atoms with Gasteiger partial charge in [0.25, 0.3) is 0 Å². The van der Waals surface area contributed by atoms with E-state index in [4.69, 9.17) is 4.98 Å². The van der Waals surface area contributed by atoms with Crippen molar-refractivity contribution in [1.82, 2.24) is 19.4 Å². The van der Waals surface area contributed by atoms with E-state index in [0.717, 1.165) is 48.6 Å². The van der Waals surface area contributed by atoms with Crippen LogP contribution in [0.1, 0.15) is 23.7 Å². The topological polar surface area (TPSA) is 34.0 Å². The minimum atomic E-state index is -0.180. The molecule has 1 atom stereocenters.